The smallest absolute Gasteiger partial charge is 0.206 e. The molecular weight excluding hydrogens is 438 g/mol. The maximum Gasteiger partial charge on any atom is 0.206 e. The predicted molar refractivity (Wildman–Crippen MR) is 130 cm³/mol. The fourth-order valence-electron chi connectivity index (χ4n) is 4.14. The van der Waals surface area contributed by atoms with Crippen LogP contribution >= 0.6 is 0 Å². The Kier molecular flexibility index (Phi) is 11.6. The zero-order valence-electron chi connectivity index (χ0n) is 21.0. The van der Waals surface area contributed by atoms with Gasteiger partial charge in [-0.25, -0.2) is 0 Å². The number of aliphatic hydroxyl groups excluding tert-OH is 1. The maximum atomic E-state index is 13.2. The van der Waals surface area contributed by atoms with Crippen LogP contribution in [0.1, 0.15) is 65.0 Å². The molecular formula is C26H41NO7. The van der Waals surface area contributed by atoms with E-state index in [9.17, 15) is 19.8 Å². The van der Waals surface area contributed by atoms with E-state index in [2.05, 4.69) is 18.7 Å². The van der Waals surface area contributed by atoms with Gasteiger partial charge in [-0.2, -0.15) is 0 Å². The van der Waals surface area contributed by atoms with Crippen LogP contribution in [0.4, 0.5) is 5.69 Å². The standard InChI is InChI=1S/C26H41NO7/c1-5-9-10-19(6-2)15-32-18-23(29)26(31,25-33-16-22(28)17-34-25)24(30)20-11-13-21(14-12-20)27(7-3)8-4/h11-14,19,24-25,30-31H,5-10,15-18H2,1-4H3. The van der Waals surface area contributed by atoms with Crippen LogP contribution in [-0.2, 0) is 23.8 Å². The molecule has 0 amide bonds. The summed E-state index contributed by atoms with van der Waals surface area (Å²) in [5.41, 5.74) is -1.12. The average Bonchev–Trinajstić information content (AvgIpc) is 2.86. The first kappa shape index (κ1) is 28.4. The van der Waals surface area contributed by atoms with Gasteiger partial charge in [0.05, 0.1) is 0 Å². The minimum Gasteiger partial charge on any atom is -0.385 e. The SMILES string of the molecule is CCCCC(CC)COCC(=O)C(O)(C1OCC(=O)CO1)C(O)c1ccc(N(CC)CC)cc1. The van der Waals surface area contributed by atoms with Gasteiger partial charge in [-0.15, -0.1) is 0 Å². The summed E-state index contributed by atoms with van der Waals surface area (Å²) in [6.45, 7) is 9.34. The summed E-state index contributed by atoms with van der Waals surface area (Å²) in [7, 11) is 0. The Morgan fingerprint density at radius 3 is 2.29 bits per heavy atom. The molecule has 1 fully saturated rings. The molecule has 2 N–H and O–H groups in total. The van der Waals surface area contributed by atoms with Crippen molar-refractivity contribution in [3.05, 3.63) is 29.8 Å². The highest BCUT2D eigenvalue weighted by molar-refractivity contribution is 5.90. The summed E-state index contributed by atoms with van der Waals surface area (Å²) in [5.74, 6) is -0.738. The van der Waals surface area contributed by atoms with E-state index in [0.29, 0.717) is 18.1 Å². The summed E-state index contributed by atoms with van der Waals surface area (Å²) >= 11 is 0. The molecule has 1 saturated heterocycles. The Hall–Kier alpha value is -1.84. The molecule has 0 saturated carbocycles. The Morgan fingerprint density at radius 2 is 1.76 bits per heavy atom. The molecule has 0 aromatic heterocycles. The Bertz CT molecular complexity index is 755. The van der Waals surface area contributed by atoms with E-state index in [-0.39, 0.29) is 19.0 Å². The molecule has 3 atom stereocenters. The summed E-state index contributed by atoms with van der Waals surface area (Å²) in [6, 6.07) is 7.00. The number of hydrogen-bond acceptors (Lipinski definition) is 8. The molecule has 0 spiro atoms. The number of anilines is 1. The maximum absolute atomic E-state index is 13.2. The number of ketones is 2. The first-order valence-electron chi connectivity index (χ1n) is 12.4. The molecule has 34 heavy (non-hydrogen) atoms. The molecule has 2 rings (SSSR count). The van der Waals surface area contributed by atoms with Crippen molar-refractivity contribution in [2.75, 3.05) is 44.4 Å². The van der Waals surface area contributed by atoms with Crippen molar-refractivity contribution in [1.29, 1.82) is 0 Å². The van der Waals surface area contributed by atoms with Crippen LogP contribution in [0.15, 0.2) is 24.3 Å². The Labute approximate surface area is 203 Å². The predicted octanol–water partition coefficient (Wildman–Crippen LogP) is 3.04. The third-order valence-electron chi connectivity index (χ3n) is 6.48. The van der Waals surface area contributed by atoms with Gasteiger partial charge in [-0.05, 0) is 43.9 Å². The first-order valence-corrected chi connectivity index (χ1v) is 12.4. The topological polar surface area (TPSA) is 106 Å². The van der Waals surface area contributed by atoms with Crippen molar-refractivity contribution in [1.82, 2.24) is 0 Å². The lowest BCUT2D eigenvalue weighted by atomic mass is 9.86. The van der Waals surface area contributed by atoms with Crippen molar-refractivity contribution in [2.45, 2.75) is 71.4 Å². The third kappa shape index (κ3) is 7.09. The van der Waals surface area contributed by atoms with Gasteiger partial charge in [0.1, 0.15) is 25.9 Å². The minimum atomic E-state index is -2.43. The lowest BCUT2D eigenvalue weighted by molar-refractivity contribution is -0.269. The van der Waals surface area contributed by atoms with E-state index >= 15 is 0 Å². The van der Waals surface area contributed by atoms with Crippen molar-refractivity contribution >= 4 is 17.3 Å². The Balaban J connectivity index is 2.20. The highest BCUT2D eigenvalue weighted by Gasteiger charge is 2.53. The molecule has 8 nitrogen and oxygen atoms in total. The fraction of sp³-hybridized carbons (Fsp3) is 0.692. The third-order valence-corrected chi connectivity index (χ3v) is 6.48. The number of rotatable bonds is 15. The van der Waals surface area contributed by atoms with Gasteiger partial charge in [-0.1, -0.05) is 45.2 Å². The summed E-state index contributed by atoms with van der Waals surface area (Å²) < 4.78 is 16.4. The van der Waals surface area contributed by atoms with Crippen LogP contribution < -0.4 is 4.90 Å². The van der Waals surface area contributed by atoms with Gasteiger partial charge < -0.3 is 29.3 Å². The number of aliphatic hydroxyl groups is 2. The number of Topliss-reactive ketones (excluding diaryl/α,β-unsaturated/α-hetero) is 2. The number of unbranched alkanes of at least 4 members (excludes halogenated alkanes) is 1. The normalized spacial score (nSPS) is 18.4. The van der Waals surface area contributed by atoms with Gasteiger partial charge in [0, 0.05) is 25.4 Å². The molecule has 1 aromatic rings. The van der Waals surface area contributed by atoms with Crippen LogP contribution in [0.2, 0.25) is 0 Å². The fourth-order valence-corrected chi connectivity index (χ4v) is 4.14. The second kappa shape index (κ2) is 13.9. The minimum absolute atomic E-state index is 0.302. The molecule has 192 valence electrons. The summed E-state index contributed by atoms with van der Waals surface area (Å²) in [6.07, 6.45) is 0.986. The van der Waals surface area contributed by atoms with Gasteiger partial charge >= 0.3 is 0 Å². The molecule has 8 heteroatoms. The zero-order valence-corrected chi connectivity index (χ0v) is 21.0. The zero-order chi connectivity index (χ0) is 25.1. The summed E-state index contributed by atoms with van der Waals surface area (Å²) in [4.78, 5) is 26.9. The van der Waals surface area contributed by atoms with E-state index in [4.69, 9.17) is 14.2 Å². The van der Waals surface area contributed by atoms with Crippen molar-refractivity contribution in [3.8, 4) is 0 Å². The van der Waals surface area contributed by atoms with Crippen molar-refractivity contribution in [2.24, 2.45) is 5.92 Å². The van der Waals surface area contributed by atoms with Crippen LogP contribution in [0.3, 0.4) is 0 Å². The number of nitrogens with zero attached hydrogens (tertiary/aromatic N) is 1. The van der Waals surface area contributed by atoms with E-state index < -0.39 is 30.4 Å². The Morgan fingerprint density at radius 1 is 1.15 bits per heavy atom. The number of ether oxygens (including phenoxy) is 3. The van der Waals surface area contributed by atoms with Gasteiger partial charge in [0.15, 0.2) is 17.9 Å². The number of hydrogen-bond donors (Lipinski definition) is 2. The average molecular weight is 480 g/mol. The molecule has 1 aliphatic rings. The van der Waals surface area contributed by atoms with Gasteiger partial charge in [0.2, 0.25) is 5.60 Å². The van der Waals surface area contributed by atoms with E-state index in [0.717, 1.165) is 44.5 Å². The molecule has 0 aliphatic carbocycles. The van der Waals surface area contributed by atoms with Crippen LogP contribution in [0.25, 0.3) is 0 Å². The monoisotopic (exact) mass is 479 g/mol. The van der Waals surface area contributed by atoms with Gasteiger partial charge in [-0.3, -0.25) is 9.59 Å². The second-order valence-corrected chi connectivity index (χ2v) is 8.84. The van der Waals surface area contributed by atoms with E-state index in [1.54, 1.807) is 12.1 Å². The molecule has 1 heterocycles. The molecule has 0 radical (unpaired) electrons. The summed E-state index contributed by atoms with van der Waals surface area (Å²) in [5, 5.41) is 22.7. The quantitative estimate of drug-likeness (QED) is 0.395. The lowest BCUT2D eigenvalue weighted by Crippen LogP contribution is -2.59. The molecule has 0 bridgehead atoms. The number of benzene rings is 1. The molecule has 1 aromatic carbocycles. The lowest BCUT2D eigenvalue weighted by Gasteiger charge is -2.39. The molecule has 3 unspecified atom stereocenters. The van der Waals surface area contributed by atoms with E-state index in [1.807, 2.05) is 26.0 Å². The highest BCUT2D eigenvalue weighted by Crippen LogP contribution is 2.34. The van der Waals surface area contributed by atoms with Crippen molar-refractivity contribution < 1.29 is 34.0 Å². The van der Waals surface area contributed by atoms with E-state index in [1.165, 1.54) is 0 Å². The first-order chi connectivity index (χ1) is 16.3. The van der Waals surface area contributed by atoms with Gasteiger partial charge in [0.25, 0.3) is 0 Å². The second-order valence-electron chi connectivity index (χ2n) is 8.84. The van der Waals surface area contributed by atoms with Crippen LogP contribution in [0, 0.1) is 5.92 Å². The van der Waals surface area contributed by atoms with Crippen LogP contribution in [0.5, 0.6) is 0 Å². The van der Waals surface area contributed by atoms with Crippen LogP contribution in [-0.4, -0.2) is 73.2 Å². The molecule has 1 aliphatic heterocycles. The number of carbonyl (C=O) groups is 2. The highest BCUT2D eigenvalue weighted by atomic mass is 16.7. The largest absolute Gasteiger partial charge is 0.385 e. The van der Waals surface area contributed by atoms with Crippen molar-refractivity contribution in [3.63, 3.8) is 0 Å². The number of carbonyl (C=O) groups excluding carboxylic acids is 2.